The third kappa shape index (κ3) is 4.51. The van der Waals surface area contributed by atoms with Crippen molar-refractivity contribution in [1.29, 1.82) is 0 Å². The molecule has 0 bridgehead atoms. The molecule has 2 saturated heterocycles. The van der Waals surface area contributed by atoms with Gasteiger partial charge >= 0.3 is 0 Å². The van der Waals surface area contributed by atoms with Crippen molar-refractivity contribution in [2.24, 2.45) is 5.92 Å². The van der Waals surface area contributed by atoms with Crippen molar-refractivity contribution in [2.45, 2.75) is 38.1 Å². The Morgan fingerprint density at radius 1 is 1.29 bits per heavy atom. The Morgan fingerprint density at radius 3 is 2.88 bits per heavy atom. The van der Waals surface area contributed by atoms with E-state index in [1.165, 1.54) is 6.26 Å². The Hall–Kier alpha value is -1.53. The Labute approximate surface area is 148 Å². The number of hydrogen-bond acceptors (Lipinski definition) is 4. The summed E-state index contributed by atoms with van der Waals surface area (Å²) in [6, 6.07) is 2.97. The smallest absolute Gasteiger partial charge is 0.290 e. The standard InChI is InChI=1S/C17H25N3O3.ClH/c21-16(19-12-13-5-3-8-18-11-13)14-6-1-2-9-20(14)17(22)15-7-4-10-23-15;/h4,7,10,13-14,18H,1-3,5-6,8-9,11-12H2,(H,19,21);1H. The molecule has 0 spiro atoms. The summed E-state index contributed by atoms with van der Waals surface area (Å²) in [6.45, 7) is 3.33. The van der Waals surface area contributed by atoms with Gasteiger partial charge in [0, 0.05) is 13.1 Å². The zero-order chi connectivity index (χ0) is 16.1. The fourth-order valence-electron chi connectivity index (χ4n) is 3.45. The molecule has 1 aromatic heterocycles. The Balaban J connectivity index is 0.00000208. The topological polar surface area (TPSA) is 74.6 Å². The molecule has 2 amide bonds. The predicted octanol–water partition coefficient (Wildman–Crippen LogP) is 1.81. The molecule has 3 heterocycles. The molecule has 0 saturated carbocycles. The Kier molecular flexibility index (Phi) is 7.12. The second-order valence-corrected chi connectivity index (χ2v) is 6.44. The molecule has 2 aliphatic heterocycles. The van der Waals surface area contributed by atoms with Gasteiger partial charge in [0.2, 0.25) is 5.91 Å². The van der Waals surface area contributed by atoms with Crippen LogP contribution in [-0.2, 0) is 4.79 Å². The van der Waals surface area contributed by atoms with Crippen LogP contribution < -0.4 is 10.6 Å². The van der Waals surface area contributed by atoms with E-state index in [1.54, 1.807) is 17.0 Å². The van der Waals surface area contributed by atoms with E-state index < -0.39 is 0 Å². The average Bonchev–Trinajstić information content (AvgIpc) is 3.14. The van der Waals surface area contributed by atoms with Gasteiger partial charge in [-0.3, -0.25) is 9.59 Å². The SMILES string of the molecule is Cl.O=C(NCC1CCCNC1)C1CCCCN1C(=O)c1ccco1. The number of nitrogens with zero attached hydrogens (tertiary/aromatic N) is 1. The molecule has 2 atom stereocenters. The number of rotatable bonds is 4. The van der Waals surface area contributed by atoms with Crippen molar-refractivity contribution in [1.82, 2.24) is 15.5 Å². The lowest BCUT2D eigenvalue weighted by atomic mass is 9.98. The molecule has 2 N–H and O–H groups in total. The summed E-state index contributed by atoms with van der Waals surface area (Å²) in [7, 11) is 0. The van der Waals surface area contributed by atoms with Gasteiger partial charge in [0.05, 0.1) is 6.26 Å². The third-order valence-corrected chi connectivity index (χ3v) is 4.76. The number of likely N-dealkylation sites (tertiary alicyclic amines) is 1. The molecule has 0 aliphatic carbocycles. The lowest BCUT2D eigenvalue weighted by Crippen LogP contribution is -2.53. The fourth-order valence-corrected chi connectivity index (χ4v) is 3.45. The van der Waals surface area contributed by atoms with E-state index in [4.69, 9.17) is 4.42 Å². The molecule has 1 aromatic rings. The fraction of sp³-hybridized carbons (Fsp3) is 0.647. The number of piperidine rings is 2. The first-order valence-electron chi connectivity index (χ1n) is 8.58. The highest BCUT2D eigenvalue weighted by Crippen LogP contribution is 2.20. The maximum atomic E-state index is 12.6. The van der Waals surface area contributed by atoms with Gasteiger partial charge in [-0.05, 0) is 63.2 Å². The minimum absolute atomic E-state index is 0. The van der Waals surface area contributed by atoms with Crippen molar-refractivity contribution >= 4 is 24.2 Å². The zero-order valence-electron chi connectivity index (χ0n) is 13.8. The highest BCUT2D eigenvalue weighted by atomic mass is 35.5. The predicted molar refractivity (Wildman–Crippen MR) is 93.2 cm³/mol. The van der Waals surface area contributed by atoms with Crippen LogP contribution in [0.1, 0.15) is 42.7 Å². The van der Waals surface area contributed by atoms with Crippen molar-refractivity contribution in [3.8, 4) is 0 Å². The summed E-state index contributed by atoms with van der Waals surface area (Å²) in [6.07, 6.45) is 6.43. The maximum Gasteiger partial charge on any atom is 0.290 e. The van der Waals surface area contributed by atoms with Crippen LogP contribution in [-0.4, -0.2) is 48.9 Å². The zero-order valence-corrected chi connectivity index (χ0v) is 14.6. The van der Waals surface area contributed by atoms with Crippen LogP contribution in [0.4, 0.5) is 0 Å². The van der Waals surface area contributed by atoms with Gasteiger partial charge in [-0.1, -0.05) is 0 Å². The normalized spacial score (nSPS) is 24.1. The molecule has 0 radical (unpaired) electrons. The van der Waals surface area contributed by atoms with Crippen LogP contribution >= 0.6 is 12.4 Å². The number of hydrogen-bond donors (Lipinski definition) is 2. The molecule has 24 heavy (non-hydrogen) atoms. The quantitative estimate of drug-likeness (QED) is 0.863. The number of carbonyl (C=O) groups excluding carboxylic acids is 2. The Bertz CT molecular complexity index is 529. The molecular formula is C17H26ClN3O3. The highest BCUT2D eigenvalue weighted by Gasteiger charge is 2.33. The summed E-state index contributed by atoms with van der Waals surface area (Å²) >= 11 is 0. The summed E-state index contributed by atoms with van der Waals surface area (Å²) < 4.78 is 5.20. The van der Waals surface area contributed by atoms with E-state index in [-0.39, 0.29) is 30.3 Å². The van der Waals surface area contributed by atoms with Gasteiger partial charge in [-0.25, -0.2) is 0 Å². The van der Waals surface area contributed by atoms with Crippen LogP contribution in [0.5, 0.6) is 0 Å². The maximum absolute atomic E-state index is 12.6. The van der Waals surface area contributed by atoms with Crippen LogP contribution in [0.3, 0.4) is 0 Å². The minimum Gasteiger partial charge on any atom is -0.459 e. The van der Waals surface area contributed by atoms with Crippen LogP contribution in [0.15, 0.2) is 22.8 Å². The third-order valence-electron chi connectivity index (χ3n) is 4.76. The van der Waals surface area contributed by atoms with Crippen molar-refractivity contribution in [3.63, 3.8) is 0 Å². The van der Waals surface area contributed by atoms with E-state index in [0.29, 0.717) is 24.8 Å². The van der Waals surface area contributed by atoms with Gasteiger partial charge in [0.1, 0.15) is 6.04 Å². The number of carbonyl (C=O) groups is 2. The molecule has 2 unspecified atom stereocenters. The second-order valence-electron chi connectivity index (χ2n) is 6.44. The summed E-state index contributed by atoms with van der Waals surface area (Å²) in [5.41, 5.74) is 0. The highest BCUT2D eigenvalue weighted by molar-refractivity contribution is 5.95. The molecule has 2 aliphatic rings. The van der Waals surface area contributed by atoms with Gasteiger partial charge in [-0.15, -0.1) is 12.4 Å². The lowest BCUT2D eigenvalue weighted by Gasteiger charge is -2.34. The van der Waals surface area contributed by atoms with E-state index in [9.17, 15) is 9.59 Å². The number of nitrogens with one attached hydrogen (secondary N) is 2. The first-order valence-corrected chi connectivity index (χ1v) is 8.58. The van der Waals surface area contributed by atoms with Crippen LogP contribution in [0.2, 0.25) is 0 Å². The van der Waals surface area contributed by atoms with Gasteiger partial charge in [-0.2, -0.15) is 0 Å². The molecule has 7 heteroatoms. The molecule has 134 valence electrons. The molecule has 6 nitrogen and oxygen atoms in total. The number of halogens is 1. The first-order chi connectivity index (χ1) is 11.3. The molecular weight excluding hydrogens is 330 g/mol. The summed E-state index contributed by atoms with van der Waals surface area (Å²) in [5, 5.41) is 6.40. The van der Waals surface area contributed by atoms with E-state index >= 15 is 0 Å². The average molecular weight is 356 g/mol. The summed E-state index contributed by atoms with van der Waals surface area (Å²) in [5.74, 6) is 0.580. The largest absolute Gasteiger partial charge is 0.459 e. The van der Waals surface area contributed by atoms with E-state index in [0.717, 1.165) is 45.2 Å². The monoisotopic (exact) mass is 355 g/mol. The van der Waals surface area contributed by atoms with Crippen molar-refractivity contribution in [3.05, 3.63) is 24.2 Å². The van der Waals surface area contributed by atoms with Crippen LogP contribution in [0, 0.1) is 5.92 Å². The number of amides is 2. The van der Waals surface area contributed by atoms with Crippen molar-refractivity contribution < 1.29 is 14.0 Å². The summed E-state index contributed by atoms with van der Waals surface area (Å²) in [4.78, 5) is 26.8. The Morgan fingerprint density at radius 2 is 2.17 bits per heavy atom. The molecule has 3 rings (SSSR count). The van der Waals surface area contributed by atoms with E-state index in [1.807, 2.05) is 0 Å². The van der Waals surface area contributed by atoms with Gasteiger partial charge in [0.15, 0.2) is 5.76 Å². The van der Waals surface area contributed by atoms with Gasteiger partial charge in [0.25, 0.3) is 5.91 Å². The second kappa shape index (κ2) is 9.08. The van der Waals surface area contributed by atoms with Crippen molar-refractivity contribution in [2.75, 3.05) is 26.2 Å². The first kappa shape index (κ1) is 18.8. The minimum atomic E-state index is -0.377. The van der Waals surface area contributed by atoms with Gasteiger partial charge < -0.3 is 20.0 Å². The molecule has 0 aromatic carbocycles. The number of furan rings is 1. The van der Waals surface area contributed by atoms with E-state index in [2.05, 4.69) is 10.6 Å². The van der Waals surface area contributed by atoms with Crippen LogP contribution in [0.25, 0.3) is 0 Å². The lowest BCUT2D eigenvalue weighted by molar-refractivity contribution is -0.126. The molecule has 2 fully saturated rings.